The number of benzene rings is 1. The van der Waals surface area contributed by atoms with Gasteiger partial charge in [-0.3, -0.25) is 9.59 Å². The summed E-state index contributed by atoms with van der Waals surface area (Å²) in [6.07, 6.45) is 4.84. The van der Waals surface area contributed by atoms with Crippen LogP contribution < -0.4 is 10.5 Å². The van der Waals surface area contributed by atoms with Crippen LogP contribution in [0.2, 0.25) is 0 Å². The lowest BCUT2D eigenvalue weighted by molar-refractivity contribution is -0.133. The molecule has 23 heavy (non-hydrogen) atoms. The Morgan fingerprint density at radius 3 is 2.78 bits per heavy atom. The summed E-state index contributed by atoms with van der Waals surface area (Å²) in [5, 5.41) is 0. The maximum atomic E-state index is 12.5. The molecule has 1 aliphatic rings. The molecular weight excluding hydrogens is 292 g/mol. The van der Waals surface area contributed by atoms with Crippen molar-refractivity contribution in [1.29, 1.82) is 0 Å². The third-order valence-electron chi connectivity index (χ3n) is 4.19. The van der Waals surface area contributed by atoms with Gasteiger partial charge in [0.05, 0.1) is 12.5 Å². The molecular formula is C18H24N2O3. The summed E-state index contributed by atoms with van der Waals surface area (Å²) in [5.41, 5.74) is 6.24. The van der Waals surface area contributed by atoms with Gasteiger partial charge in [0.1, 0.15) is 5.75 Å². The molecule has 1 aromatic carbocycles. The Labute approximate surface area is 137 Å². The van der Waals surface area contributed by atoms with Crippen molar-refractivity contribution in [1.82, 2.24) is 4.90 Å². The van der Waals surface area contributed by atoms with Crippen LogP contribution in [0.4, 0.5) is 0 Å². The van der Waals surface area contributed by atoms with Crippen LogP contribution in [0.1, 0.15) is 32.3 Å². The lowest BCUT2D eigenvalue weighted by Crippen LogP contribution is -2.48. The number of rotatable bonds is 5. The van der Waals surface area contributed by atoms with Gasteiger partial charge in [0.15, 0.2) is 0 Å². The second-order valence-corrected chi connectivity index (χ2v) is 5.82. The van der Waals surface area contributed by atoms with Crippen LogP contribution in [0.15, 0.2) is 30.3 Å². The molecule has 1 aliphatic heterocycles. The van der Waals surface area contributed by atoms with E-state index in [1.54, 1.807) is 11.0 Å². The average molecular weight is 316 g/mol. The van der Waals surface area contributed by atoms with Gasteiger partial charge in [0.25, 0.3) is 0 Å². The Morgan fingerprint density at radius 1 is 1.35 bits per heavy atom. The molecule has 0 saturated carbocycles. The summed E-state index contributed by atoms with van der Waals surface area (Å²) in [5.74, 6) is 0.0649. The number of carbonyl (C=O) groups is 2. The minimum absolute atomic E-state index is 0.102. The van der Waals surface area contributed by atoms with Crippen LogP contribution >= 0.6 is 0 Å². The van der Waals surface area contributed by atoms with E-state index < -0.39 is 0 Å². The standard InChI is InChI=1S/C18H24N2O3/c1-3-23-16-7-5-4-6-14(16)10-11-17(21)20-12-15(18(19)22)9-8-13(20)2/h4-7,10-11,13,15H,3,8-9,12H2,1-2H3,(H2,19,22)/b11-10+/t13-,15-/m1/s1. The van der Waals surface area contributed by atoms with Crippen molar-refractivity contribution in [3.8, 4) is 5.75 Å². The Morgan fingerprint density at radius 2 is 2.09 bits per heavy atom. The summed E-state index contributed by atoms with van der Waals surface area (Å²) in [6.45, 7) is 4.89. The summed E-state index contributed by atoms with van der Waals surface area (Å²) < 4.78 is 5.55. The van der Waals surface area contributed by atoms with E-state index in [1.807, 2.05) is 38.1 Å². The molecule has 1 saturated heterocycles. The first-order valence-corrected chi connectivity index (χ1v) is 8.02. The topological polar surface area (TPSA) is 72.6 Å². The number of piperidine rings is 1. The summed E-state index contributed by atoms with van der Waals surface area (Å²) in [6, 6.07) is 7.69. The molecule has 2 atom stereocenters. The zero-order valence-electron chi connectivity index (χ0n) is 13.7. The third-order valence-corrected chi connectivity index (χ3v) is 4.19. The molecule has 1 heterocycles. The number of carbonyl (C=O) groups excluding carboxylic acids is 2. The first kappa shape index (κ1) is 17.1. The molecule has 0 aliphatic carbocycles. The number of ether oxygens (including phenoxy) is 1. The minimum Gasteiger partial charge on any atom is -0.493 e. The molecule has 0 bridgehead atoms. The fourth-order valence-corrected chi connectivity index (χ4v) is 2.81. The zero-order chi connectivity index (χ0) is 16.8. The van der Waals surface area contributed by atoms with E-state index in [0.717, 1.165) is 24.2 Å². The molecule has 124 valence electrons. The number of hydrogen-bond donors (Lipinski definition) is 1. The highest BCUT2D eigenvalue weighted by molar-refractivity contribution is 5.93. The highest BCUT2D eigenvalue weighted by Crippen LogP contribution is 2.23. The van der Waals surface area contributed by atoms with Gasteiger partial charge in [-0.1, -0.05) is 18.2 Å². The molecule has 0 unspecified atom stereocenters. The molecule has 5 nitrogen and oxygen atoms in total. The van der Waals surface area contributed by atoms with Crippen molar-refractivity contribution in [2.24, 2.45) is 11.7 Å². The Bertz CT molecular complexity index is 598. The smallest absolute Gasteiger partial charge is 0.246 e. The number of primary amides is 1. The Kier molecular flexibility index (Phi) is 5.79. The van der Waals surface area contributed by atoms with Crippen molar-refractivity contribution in [3.05, 3.63) is 35.9 Å². The largest absolute Gasteiger partial charge is 0.493 e. The second-order valence-electron chi connectivity index (χ2n) is 5.82. The Balaban J connectivity index is 2.10. The van der Waals surface area contributed by atoms with Gasteiger partial charge in [-0.25, -0.2) is 0 Å². The molecule has 2 N–H and O–H groups in total. The lowest BCUT2D eigenvalue weighted by Gasteiger charge is -2.36. The number of nitrogens with two attached hydrogens (primary N) is 1. The van der Waals surface area contributed by atoms with Crippen molar-refractivity contribution in [2.45, 2.75) is 32.7 Å². The molecule has 1 aromatic rings. The maximum absolute atomic E-state index is 12.5. The third kappa shape index (κ3) is 4.34. The maximum Gasteiger partial charge on any atom is 0.246 e. The van der Waals surface area contributed by atoms with Gasteiger partial charge in [-0.15, -0.1) is 0 Å². The lowest BCUT2D eigenvalue weighted by atomic mass is 9.93. The quantitative estimate of drug-likeness (QED) is 0.847. The second kappa shape index (κ2) is 7.81. The summed E-state index contributed by atoms with van der Waals surface area (Å²) in [4.78, 5) is 25.6. The van der Waals surface area contributed by atoms with Crippen molar-refractivity contribution in [3.63, 3.8) is 0 Å². The fourth-order valence-electron chi connectivity index (χ4n) is 2.81. The Hall–Kier alpha value is -2.30. The molecule has 1 fully saturated rings. The van der Waals surface area contributed by atoms with E-state index in [4.69, 9.17) is 10.5 Å². The molecule has 2 amide bonds. The number of hydrogen-bond acceptors (Lipinski definition) is 3. The first-order valence-electron chi connectivity index (χ1n) is 8.02. The normalized spacial score (nSPS) is 21.4. The summed E-state index contributed by atoms with van der Waals surface area (Å²) in [7, 11) is 0. The van der Waals surface area contributed by atoms with Crippen molar-refractivity contribution in [2.75, 3.05) is 13.2 Å². The SMILES string of the molecule is CCOc1ccccc1/C=C/C(=O)N1C[C@H](C(N)=O)CC[C@H]1C. The number of likely N-dealkylation sites (tertiary alicyclic amines) is 1. The minimum atomic E-state index is -0.333. The predicted molar refractivity (Wildman–Crippen MR) is 89.7 cm³/mol. The molecule has 5 heteroatoms. The number of para-hydroxylation sites is 1. The predicted octanol–water partition coefficient (Wildman–Crippen LogP) is 2.21. The van der Waals surface area contributed by atoms with E-state index in [1.165, 1.54) is 6.08 Å². The van der Waals surface area contributed by atoms with Gasteiger partial charge >= 0.3 is 0 Å². The van der Waals surface area contributed by atoms with Crippen LogP contribution in [-0.2, 0) is 9.59 Å². The van der Waals surface area contributed by atoms with E-state index in [2.05, 4.69) is 0 Å². The van der Waals surface area contributed by atoms with Gasteiger partial charge in [-0.2, -0.15) is 0 Å². The van der Waals surface area contributed by atoms with Gasteiger partial charge in [-0.05, 0) is 38.8 Å². The van der Waals surface area contributed by atoms with Gasteiger partial charge in [0, 0.05) is 24.2 Å². The van der Waals surface area contributed by atoms with Crippen LogP contribution in [0, 0.1) is 5.92 Å². The van der Waals surface area contributed by atoms with Gasteiger partial charge in [0.2, 0.25) is 11.8 Å². The van der Waals surface area contributed by atoms with E-state index >= 15 is 0 Å². The van der Waals surface area contributed by atoms with Crippen LogP contribution in [0.5, 0.6) is 5.75 Å². The summed E-state index contributed by atoms with van der Waals surface area (Å²) >= 11 is 0. The number of amides is 2. The molecule has 2 rings (SSSR count). The molecule has 0 aromatic heterocycles. The fraction of sp³-hybridized carbons (Fsp3) is 0.444. The molecule has 0 spiro atoms. The highest BCUT2D eigenvalue weighted by Gasteiger charge is 2.30. The zero-order valence-corrected chi connectivity index (χ0v) is 13.7. The number of nitrogens with zero attached hydrogens (tertiary/aromatic N) is 1. The van der Waals surface area contributed by atoms with Crippen molar-refractivity contribution >= 4 is 17.9 Å². The van der Waals surface area contributed by atoms with Crippen LogP contribution in [0.25, 0.3) is 6.08 Å². The van der Waals surface area contributed by atoms with E-state index in [9.17, 15) is 9.59 Å². The van der Waals surface area contributed by atoms with E-state index in [-0.39, 0.29) is 23.8 Å². The van der Waals surface area contributed by atoms with Gasteiger partial charge < -0.3 is 15.4 Å². The van der Waals surface area contributed by atoms with E-state index in [0.29, 0.717) is 13.2 Å². The average Bonchev–Trinajstić information content (AvgIpc) is 2.54. The highest BCUT2D eigenvalue weighted by atomic mass is 16.5. The van der Waals surface area contributed by atoms with Crippen molar-refractivity contribution < 1.29 is 14.3 Å². The first-order chi connectivity index (χ1) is 11.0. The molecule has 0 radical (unpaired) electrons. The monoisotopic (exact) mass is 316 g/mol. The van der Waals surface area contributed by atoms with Crippen LogP contribution in [-0.4, -0.2) is 35.9 Å². The van der Waals surface area contributed by atoms with Crippen LogP contribution in [0.3, 0.4) is 0 Å².